The fourth-order valence-electron chi connectivity index (χ4n) is 3.26. The summed E-state index contributed by atoms with van der Waals surface area (Å²) in [5.74, 6) is 0.999. The van der Waals surface area contributed by atoms with E-state index in [1.165, 1.54) is 6.07 Å². The molecule has 0 saturated carbocycles. The molecule has 0 radical (unpaired) electrons. The van der Waals surface area contributed by atoms with Crippen molar-refractivity contribution in [2.75, 3.05) is 26.2 Å². The van der Waals surface area contributed by atoms with Crippen LogP contribution in [0, 0.1) is 5.82 Å². The van der Waals surface area contributed by atoms with Gasteiger partial charge in [-0.25, -0.2) is 0 Å². The van der Waals surface area contributed by atoms with Crippen molar-refractivity contribution in [3.05, 3.63) is 58.5 Å². The van der Waals surface area contributed by atoms with Crippen LogP contribution >= 0.6 is 11.6 Å². The molecule has 1 aliphatic rings. The van der Waals surface area contributed by atoms with Gasteiger partial charge in [0, 0.05) is 13.1 Å². The van der Waals surface area contributed by atoms with Gasteiger partial charge in [0.15, 0.2) is 0 Å². The molecule has 136 valence electrons. The number of fused-ring (bicyclic) bond motifs is 1. The van der Waals surface area contributed by atoms with Crippen molar-refractivity contribution in [1.82, 2.24) is 19.8 Å². The third-order valence-electron chi connectivity index (χ3n) is 4.70. The van der Waals surface area contributed by atoms with Crippen molar-refractivity contribution in [1.29, 1.82) is 0 Å². The standard InChI is InChI=1S/C19H17BClFN4O/c20-11-13-10-15(21)18-4-3-17(24-26(13)18)14-2-1-12(9-16(14)22)19(27)25-7-5-23-6-8-25/h1-4,9-11,20,23H,5-8H2. The van der Waals surface area contributed by atoms with Crippen LogP contribution in [0.4, 0.5) is 4.39 Å². The van der Waals surface area contributed by atoms with Gasteiger partial charge in [0.2, 0.25) is 0 Å². The minimum absolute atomic E-state index is 0.156. The average molecular weight is 383 g/mol. The topological polar surface area (TPSA) is 49.6 Å². The summed E-state index contributed by atoms with van der Waals surface area (Å²) < 4.78 is 16.4. The van der Waals surface area contributed by atoms with Crippen LogP contribution in [0.2, 0.25) is 5.02 Å². The number of hydrogen-bond donors (Lipinski definition) is 1. The molecule has 1 aliphatic heterocycles. The summed E-state index contributed by atoms with van der Waals surface area (Å²) in [5.41, 5.74) is 2.57. The molecule has 3 aromatic rings. The molecule has 0 atom stereocenters. The number of hydrogen-bond acceptors (Lipinski definition) is 3. The van der Waals surface area contributed by atoms with Gasteiger partial charge in [-0.3, -0.25) is 0 Å². The summed E-state index contributed by atoms with van der Waals surface area (Å²) in [5, 5.41) is 8.23. The molecule has 0 aliphatic carbocycles. The van der Waals surface area contributed by atoms with Crippen molar-refractivity contribution < 1.29 is 9.18 Å². The van der Waals surface area contributed by atoms with E-state index in [0.29, 0.717) is 34.9 Å². The van der Waals surface area contributed by atoms with Crippen LogP contribution in [0.1, 0.15) is 16.1 Å². The molecule has 1 saturated heterocycles. The van der Waals surface area contributed by atoms with Crippen LogP contribution in [-0.4, -0.2) is 60.1 Å². The summed E-state index contributed by atoms with van der Waals surface area (Å²) in [7, 11) is 3.75. The Kier molecular flexibility index (Phi) is 4.80. The minimum atomic E-state index is -0.485. The molecule has 4 rings (SSSR count). The first kappa shape index (κ1) is 17.9. The molecule has 1 N–H and O–H groups in total. The molecule has 5 nitrogen and oxygen atoms in total. The first-order valence-electron chi connectivity index (χ1n) is 8.69. The Morgan fingerprint density at radius 1 is 1.22 bits per heavy atom. The van der Waals surface area contributed by atoms with Gasteiger partial charge in [-0.05, 0) is 0 Å². The number of aromatic nitrogens is 2. The molecular formula is C19H17BClFN4O. The van der Waals surface area contributed by atoms with E-state index in [-0.39, 0.29) is 5.91 Å². The second-order valence-corrected chi connectivity index (χ2v) is 6.78. The van der Waals surface area contributed by atoms with Gasteiger partial charge in [-0.2, -0.15) is 0 Å². The predicted octanol–water partition coefficient (Wildman–Crippen LogP) is 1.89. The summed E-state index contributed by atoms with van der Waals surface area (Å²) >= 11 is 6.19. The first-order chi connectivity index (χ1) is 13.1. The van der Waals surface area contributed by atoms with Gasteiger partial charge in [-0.15, -0.1) is 0 Å². The van der Waals surface area contributed by atoms with Crippen molar-refractivity contribution in [3.8, 4) is 11.3 Å². The fraction of sp³-hybridized carbons (Fsp3) is 0.211. The van der Waals surface area contributed by atoms with E-state index in [1.54, 1.807) is 45.7 Å². The van der Waals surface area contributed by atoms with Gasteiger partial charge in [0.25, 0.3) is 0 Å². The first-order valence-corrected chi connectivity index (χ1v) is 9.07. The predicted molar refractivity (Wildman–Crippen MR) is 107 cm³/mol. The Morgan fingerprint density at radius 2 is 2.00 bits per heavy atom. The Bertz CT molecular complexity index is 1050. The number of rotatable bonds is 3. The molecule has 1 aromatic carbocycles. The van der Waals surface area contributed by atoms with E-state index in [4.69, 9.17) is 11.6 Å². The molecule has 1 amide bonds. The zero-order chi connectivity index (χ0) is 19.0. The second kappa shape index (κ2) is 7.25. The van der Waals surface area contributed by atoms with Crippen LogP contribution in [0.25, 0.3) is 16.8 Å². The van der Waals surface area contributed by atoms with Gasteiger partial charge in [0.1, 0.15) is 0 Å². The molecule has 0 unspecified atom stereocenters. The number of nitrogens with zero attached hydrogens (tertiary/aromatic N) is 3. The third-order valence-corrected chi connectivity index (χ3v) is 5.01. The van der Waals surface area contributed by atoms with Gasteiger partial charge in [-0.1, -0.05) is 0 Å². The van der Waals surface area contributed by atoms with Crippen LogP contribution in [-0.2, 0) is 0 Å². The quantitative estimate of drug-likeness (QED) is 0.704. The number of nitrogens with one attached hydrogen (secondary N) is 1. The number of carbonyl (C=O) groups excluding carboxylic acids is 1. The zero-order valence-corrected chi connectivity index (χ0v) is 15.3. The van der Waals surface area contributed by atoms with E-state index in [1.807, 2.05) is 0 Å². The number of piperazine rings is 1. The van der Waals surface area contributed by atoms with E-state index < -0.39 is 5.82 Å². The Morgan fingerprint density at radius 3 is 2.70 bits per heavy atom. The normalized spacial score (nSPS) is 14.5. The van der Waals surface area contributed by atoms with E-state index in [2.05, 4.69) is 17.9 Å². The summed E-state index contributed by atoms with van der Waals surface area (Å²) in [6.45, 7) is 2.75. The monoisotopic (exact) mass is 382 g/mol. The van der Waals surface area contributed by atoms with Crippen molar-refractivity contribution in [2.45, 2.75) is 0 Å². The van der Waals surface area contributed by atoms with Crippen molar-refractivity contribution in [3.63, 3.8) is 0 Å². The van der Waals surface area contributed by atoms with Crippen LogP contribution in [0.5, 0.6) is 0 Å². The maximum atomic E-state index is 14.8. The number of amides is 1. The van der Waals surface area contributed by atoms with Crippen LogP contribution < -0.4 is 5.32 Å². The SMILES string of the molecule is B=Cc1cc(Cl)c2ccc(-c3ccc(C(=O)N4CCNCC4)cc3F)nn12. The maximum absolute atomic E-state index is 14.8. The number of benzene rings is 1. The average Bonchev–Trinajstić information content (AvgIpc) is 3.03. The molecule has 27 heavy (non-hydrogen) atoms. The van der Waals surface area contributed by atoms with Gasteiger partial charge >= 0.3 is 143 Å². The molecule has 0 bridgehead atoms. The van der Waals surface area contributed by atoms with E-state index in [9.17, 15) is 9.18 Å². The molecule has 8 heteroatoms. The van der Waals surface area contributed by atoms with Crippen molar-refractivity contribution >= 4 is 36.5 Å². The van der Waals surface area contributed by atoms with Gasteiger partial charge < -0.3 is 5.32 Å². The fourth-order valence-corrected chi connectivity index (χ4v) is 3.52. The van der Waals surface area contributed by atoms with Crippen LogP contribution in [0.3, 0.4) is 0 Å². The van der Waals surface area contributed by atoms with E-state index in [0.717, 1.165) is 24.3 Å². The third kappa shape index (κ3) is 3.28. The molecule has 3 heterocycles. The van der Waals surface area contributed by atoms with Crippen molar-refractivity contribution in [2.24, 2.45) is 0 Å². The Hall–Kier alpha value is -2.51. The zero-order valence-electron chi connectivity index (χ0n) is 14.6. The molecule has 2 aromatic heterocycles. The summed E-state index contributed by atoms with van der Waals surface area (Å²) in [4.78, 5) is 14.3. The van der Waals surface area contributed by atoms with Gasteiger partial charge in [0.05, 0.1) is 0 Å². The Balaban J connectivity index is 1.69. The summed E-state index contributed by atoms with van der Waals surface area (Å²) in [6, 6.07) is 9.78. The molecule has 1 fully saturated rings. The Labute approximate surface area is 161 Å². The second-order valence-electron chi connectivity index (χ2n) is 6.37. The number of halogens is 2. The molecular weight excluding hydrogens is 365 g/mol. The summed E-state index contributed by atoms with van der Waals surface area (Å²) in [6.07, 6.45) is 0. The van der Waals surface area contributed by atoms with E-state index >= 15 is 0 Å². The van der Waals surface area contributed by atoms with Crippen LogP contribution in [0.15, 0.2) is 36.4 Å². The number of carbonyl (C=O) groups is 1. The molecule has 0 spiro atoms.